The second-order valence-corrected chi connectivity index (χ2v) is 7.28. The molecule has 1 N–H and O–H groups in total. The monoisotopic (exact) mass is 377 g/mol. The summed E-state index contributed by atoms with van der Waals surface area (Å²) < 4.78 is 0. The van der Waals surface area contributed by atoms with E-state index in [2.05, 4.69) is 5.32 Å². The topological polar surface area (TPSA) is 69.7 Å². The first-order chi connectivity index (χ1) is 13.6. The van der Waals surface area contributed by atoms with E-state index in [0.29, 0.717) is 17.8 Å². The molecule has 6 nitrogen and oxygen atoms in total. The van der Waals surface area contributed by atoms with Crippen LogP contribution in [0.3, 0.4) is 0 Å². The van der Waals surface area contributed by atoms with E-state index in [-0.39, 0.29) is 24.1 Å². The second-order valence-electron chi connectivity index (χ2n) is 7.28. The molecular weight excluding hydrogens is 354 g/mol. The van der Waals surface area contributed by atoms with Gasteiger partial charge in [-0.05, 0) is 37.1 Å². The first kappa shape index (κ1) is 18.2. The Hall–Kier alpha value is -3.15. The van der Waals surface area contributed by atoms with Gasteiger partial charge >= 0.3 is 0 Å². The molecule has 2 aromatic rings. The smallest absolute Gasteiger partial charge is 0.255 e. The highest BCUT2D eigenvalue weighted by atomic mass is 16.2. The molecule has 144 valence electrons. The predicted octanol–water partition coefficient (Wildman–Crippen LogP) is 2.91. The number of hydrogen-bond donors (Lipinski definition) is 1. The summed E-state index contributed by atoms with van der Waals surface area (Å²) in [4.78, 5) is 41.4. The lowest BCUT2D eigenvalue weighted by molar-refractivity contribution is -0.122. The van der Waals surface area contributed by atoms with E-state index in [1.165, 1.54) is 0 Å². The molecule has 1 atom stereocenters. The number of benzene rings is 2. The van der Waals surface area contributed by atoms with Crippen LogP contribution in [0, 0.1) is 5.92 Å². The maximum Gasteiger partial charge on any atom is 0.255 e. The molecule has 0 aliphatic carbocycles. The molecule has 0 bridgehead atoms. The molecule has 1 unspecified atom stereocenters. The molecule has 4 rings (SSSR count). The molecule has 2 aliphatic heterocycles. The van der Waals surface area contributed by atoms with Gasteiger partial charge in [0, 0.05) is 31.7 Å². The summed E-state index contributed by atoms with van der Waals surface area (Å²) in [6.07, 6.45) is 2.20. The van der Waals surface area contributed by atoms with Gasteiger partial charge in [-0.2, -0.15) is 0 Å². The third-order valence-electron chi connectivity index (χ3n) is 5.37. The van der Waals surface area contributed by atoms with Crippen molar-refractivity contribution in [2.24, 2.45) is 5.92 Å². The van der Waals surface area contributed by atoms with Gasteiger partial charge in [0.15, 0.2) is 0 Å². The van der Waals surface area contributed by atoms with Gasteiger partial charge in [0.05, 0.1) is 17.2 Å². The van der Waals surface area contributed by atoms with E-state index in [9.17, 15) is 14.4 Å². The number of nitrogens with zero attached hydrogens (tertiary/aromatic N) is 2. The maximum absolute atomic E-state index is 12.8. The van der Waals surface area contributed by atoms with Crippen molar-refractivity contribution in [1.82, 2.24) is 4.90 Å². The fourth-order valence-electron chi connectivity index (χ4n) is 3.84. The van der Waals surface area contributed by atoms with Crippen molar-refractivity contribution in [3.05, 3.63) is 60.2 Å². The largest absolute Gasteiger partial charge is 0.339 e. The quantitative estimate of drug-likeness (QED) is 0.891. The van der Waals surface area contributed by atoms with Crippen LogP contribution >= 0.6 is 0 Å². The molecule has 2 aliphatic rings. The zero-order valence-electron chi connectivity index (χ0n) is 15.6. The number of para-hydroxylation sites is 2. The number of likely N-dealkylation sites (tertiary alicyclic amines) is 1. The van der Waals surface area contributed by atoms with E-state index >= 15 is 0 Å². The highest BCUT2D eigenvalue weighted by molar-refractivity contribution is 6.07. The lowest BCUT2D eigenvalue weighted by atomic mass is 10.1. The number of nitrogens with one attached hydrogen (secondary N) is 1. The van der Waals surface area contributed by atoms with Crippen LogP contribution < -0.4 is 10.2 Å². The minimum absolute atomic E-state index is 0.0539. The highest BCUT2D eigenvalue weighted by Gasteiger charge is 2.35. The molecule has 2 aromatic carbocycles. The van der Waals surface area contributed by atoms with Crippen LogP contribution in [0.25, 0.3) is 0 Å². The number of carbonyl (C=O) groups excluding carboxylic acids is 3. The van der Waals surface area contributed by atoms with Crippen LogP contribution in [-0.2, 0) is 9.59 Å². The third-order valence-corrected chi connectivity index (χ3v) is 5.37. The van der Waals surface area contributed by atoms with Gasteiger partial charge in [-0.25, -0.2) is 0 Å². The average Bonchev–Trinajstić information content (AvgIpc) is 3.38. The molecule has 6 heteroatoms. The molecular formula is C22H23N3O3. The summed E-state index contributed by atoms with van der Waals surface area (Å²) in [5, 5.41) is 2.88. The maximum atomic E-state index is 12.8. The first-order valence-electron chi connectivity index (χ1n) is 9.68. The Morgan fingerprint density at radius 3 is 2.36 bits per heavy atom. The fraction of sp³-hybridized carbons (Fsp3) is 0.318. The van der Waals surface area contributed by atoms with Crippen molar-refractivity contribution in [3.63, 3.8) is 0 Å². The molecule has 0 saturated carbocycles. The summed E-state index contributed by atoms with van der Waals surface area (Å²) >= 11 is 0. The molecule has 0 spiro atoms. The molecule has 2 saturated heterocycles. The Morgan fingerprint density at radius 2 is 1.61 bits per heavy atom. The zero-order valence-corrected chi connectivity index (χ0v) is 15.6. The minimum Gasteiger partial charge on any atom is -0.339 e. The summed E-state index contributed by atoms with van der Waals surface area (Å²) in [5.41, 5.74) is 1.81. The van der Waals surface area contributed by atoms with Gasteiger partial charge in [0.25, 0.3) is 5.91 Å². The molecule has 28 heavy (non-hydrogen) atoms. The normalized spacial score (nSPS) is 19.1. The number of carbonyl (C=O) groups is 3. The van der Waals surface area contributed by atoms with Crippen LogP contribution in [0.4, 0.5) is 11.4 Å². The first-order valence-corrected chi connectivity index (χ1v) is 9.68. The summed E-state index contributed by atoms with van der Waals surface area (Å²) in [6.45, 7) is 1.85. The number of amides is 3. The van der Waals surface area contributed by atoms with Crippen molar-refractivity contribution in [2.45, 2.75) is 19.3 Å². The second kappa shape index (κ2) is 7.84. The number of anilines is 2. The van der Waals surface area contributed by atoms with Crippen molar-refractivity contribution in [1.29, 1.82) is 0 Å². The van der Waals surface area contributed by atoms with Crippen LogP contribution in [-0.4, -0.2) is 42.3 Å². The fourth-order valence-corrected chi connectivity index (χ4v) is 3.84. The van der Waals surface area contributed by atoms with Crippen molar-refractivity contribution in [3.8, 4) is 0 Å². The zero-order chi connectivity index (χ0) is 19.5. The van der Waals surface area contributed by atoms with Crippen LogP contribution in [0.5, 0.6) is 0 Å². The van der Waals surface area contributed by atoms with Crippen LogP contribution in [0.2, 0.25) is 0 Å². The molecule has 2 heterocycles. The van der Waals surface area contributed by atoms with Gasteiger partial charge < -0.3 is 15.1 Å². The van der Waals surface area contributed by atoms with E-state index < -0.39 is 5.92 Å². The lowest BCUT2D eigenvalue weighted by Gasteiger charge is -2.19. The van der Waals surface area contributed by atoms with Crippen molar-refractivity contribution in [2.75, 3.05) is 29.9 Å². The van der Waals surface area contributed by atoms with Gasteiger partial charge in [-0.1, -0.05) is 30.3 Å². The van der Waals surface area contributed by atoms with E-state index in [1.807, 2.05) is 35.2 Å². The minimum atomic E-state index is -0.442. The Morgan fingerprint density at radius 1 is 0.929 bits per heavy atom. The van der Waals surface area contributed by atoms with E-state index in [1.54, 1.807) is 29.2 Å². The Balaban J connectivity index is 1.47. The van der Waals surface area contributed by atoms with Gasteiger partial charge in [-0.3, -0.25) is 14.4 Å². The molecule has 0 radical (unpaired) electrons. The van der Waals surface area contributed by atoms with Gasteiger partial charge in [0.1, 0.15) is 0 Å². The summed E-state index contributed by atoms with van der Waals surface area (Å²) in [6, 6.07) is 16.4. The summed E-state index contributed by atoms with van der Waals surface area (Å²) in [5.74, 6) is -0.786. The van der Waals surface area contributed by atoms with Crippen molar-refractivity contribution >= 4 is 29.1 Å². The van der Waals surface area contributed by atoms with E-state index in [4.69, 9.17) is 0 Å². The Kier molecular flexibility index (Phi) is 5.10. The molecule has 3 amide bonds. The highest BCUT2D eigenvalue weighted by Crippen LogP contribution is 2.27. The van der Waals surface area contributed by atoms with E-state index in [0.717, 1.165) is 31.6 Å². The predicted molar refractivity (Wildman–Crippen MR) is 107 cm³/mol. The SMILES string of the molecule is O=C(Nc1ccccc1C(=O)N1CCCC1)C1CC(=O)N(c2ccccc2)C1. The summed E-state index contributed by atoms with van der Waals surface area (Å²) in [7, 11) is 0. The lowest BCUT2D eigenvalue weighted by Crippen LogP contribution is -2.30. The average molecular weight is 377 g/mol. The van der Waals surface area contributed by atoms with Gasteiger partial charge in [0.2, 0.25) is 11.8 Å². The number of hydrogen-bond acceptors (Lipinski definition) is 3. The Labute approximate surface area is 164 Å². The molecule has 2 fully saturated rings. The van der Waals surface area contributed by atoms with Crippen LogP contribution in [0.1, 0.15) is 29.6 Å². The molecule has 0 aromatic heterocycles. The van der Waals surface area contributed by atoms with Gasteiger partial charge in [-0.15, -0.1) is 0 Å². The van der Waals surface area contributed by atoms with Crippen molar-refractivity contribution < 1.29 is 14.4 Å². The van der Waals surface area contributed by atoms with Crippen LogP contribution in [0.15, 0.2) is 54.6 Å². The standard InChI is InChI=1S/C22H23N3O3/c26-20-14-16(15-25(20)17-8-2-1-3-9-17)21(27)23-19-11-5-4-10-18(19)22(28)24-12-6-7-13-24/h1-5,8-11,16H,6-7,12-15H2,(H,23,27). The third kappa shape index (κ3) is 3.63. The Bertz CT molecular complexity index is 891. The number of rotatable bonds is 4.